The third kappa shape index (κ3) is 4.91. The minimum absolute atomic E-state index is 0.481. The van der Waals surface area contributed by atoms with E-state index in [2.05, 4.69) is 9.97 Å². The number of aliphatic hydroxyl groups is 4. The summed E-state index contributed by atoms with van der Waals surface area (Å²) in [5.41, 5.74) is 2.37. The van der Waals surface area contributed by atoms with Crippen LogP contribution in [0.15, 0.2) is 61.2 Å². The molecule has 0 unspecified atom stereocenters. The van der Waals surface area contributed by atoms with Gasteiger partial charge in [0.1, 0.15) is 42.6 Å². The monoisotopic (exact) mass is 458 g/mol. The molecular weight excluding hydrogens is 436 g/mol. The summed E-state index contributed by atoms with van der Waals surface area (Å²) in [6, 6.07) is 12.7. The smallest absolute Gasteiger partial charge is 0.163 e. The summed E-state index contributed by atoms with van der Waals surface area (Å²) in [7, 11) is 0. The highest BCUT2D eigenvalue weighted by atomic mass is 35.5. The van der Waals surface area contributed by atoms with E-state index in [1.807, 2.05) is 24.3 Å². The van der Waals surface area contributed by atoms with Crippen LogP contribution >= 0.6 is 11.6 Å². The second kappa shape index (κ2) is 9.91. The van der Waals surface area contributed by atoms with E-state index in [0.29, 0.717) is 28.5 Å². The fraction of sp³-hybridized carbons (Fsp3) is 0.304. The van der Waals surface area contributed by atoms with E-state index in [-0.39, 0.29) is 0 Å². The lowest BCUT2D eigenvalue weighted by molar-refractivity contribution is -0.231. The van der Waals surface area contributed by atoms with Gasteiger partial charge in [0, 0.05) is 5.02 Å². The van der Waals surface area contributed by atoms with E-state index < -0.39 is 37.1 Å². The van der Waals surface area contributed by atoms with E-state index in [1.165, 1.54) is 6.33 Å². The molecule has 168 valence electrons. The van der Waals surface area contributed by atoms with Crippen molar-refractivity contribution in [3.05, 3.63) is 82.9 Å². The number of aliphatic hydroxyl groups excluding tert-OH is 4. The van der Waals surface area contributed by atoms with Crippen LogP contribution in [0.4, 0.5) is 0 Å². The molecule has 0 spiro atoms. The molecule has 0 aliphatic carbocycles. The van der Waals surface area contributed by atoms with Crippen molar-refractivity contribution in [2.75, 3.05) is 6.61 Å². The third-order valence-electron chi connectivity index (χ3n) is 5.38. The number of hydrogen-bond acceptors (Lipinski definition) is 8. The standard InChI is InChI=1S/C23H23ClN2O6/c24-18-6-3-14(23-22(30)21(29)20(28)19(11-27)32-23)8-15(18)7-13-1-4-16(5-2-13)31-17-9-25-12-26-10-17/h1-6,8-10,12,19-23,27-30H,7,11H2/t19-,20-,21+,22-,23+/m1/s1. The maximum atomic E-state index is 10.4. The Balaban J connectivity index is 1.50. The van der Waals surface area contributed by atoms with Gasteiger partial charge in [0.15, 0.2) is 5.75 Å². The second-order valence-electron chi connectivity index (χ2n) is 7.60. The second-order valence-corrected chi connectivity index (χ2v) is 8.00. The molecule has 1 fully saturated rings. The van der Waals surface area contributed by atoms with Gasteiger partial charge in [-0.05, 0) is 41.3 Å². The number of rotatable bonds is 6. The van der Waals surface area contributed by atoms with Crippen molar-refractivity contribution < 1.29 is 29.9 Å². The normalized spacial score (nSPS) is 25.5. The Morgan fingerprint density at radius 2 is 1.62 bits per heavy atom. The highest BCUT2D eigenvalue weighted by molar-refractivity contribution is 6.31. The summed E-state index contributed by atoms with van der Waals surface area (Å²) in [5.74, 6) is 1.18. The molecule has 4 rings (SSSR count). The summed E-state index contributed by atoms with van der Waals surface area (Å²) in [6.07, 6.45) is -0.979. The lowest BCUT2D eigenvalue weighted by Crippen LogP contribution is -2.55. The molecule has 1 aliphatic heterocycles. The van der Waals surface area contributed by atoms with Gasteiger partial charge in [-0.3, -0.25) is 0 Å². The zero-order valence-electron chi connectivity index (χ0n) is 17.0. The van der Waals surface area contributed by atoms with Crippen LogP contribution in [0.5, 0.6) is 11.5 Å². The molecule has 1 aromatic heterocycles. The molecule has 3 aromatic rings. The molecule has 5 atom stereocenters. The zero-order chi connectivity index (χ0) is 22.7. The molecule has 2 heterocycles. The molecule has 0 amide bonds. The summed E-state index contributed by atoms with van der Waals surface area (Å²) in [4.78, 5) is 7.83. The van der Waals surface area contributed by atoms with Gasteiger partial charge in [-0.1, -0.05) is 35.9 Å². The van der Waals surface area contributed by atoms with Crippen molar-refractivity contribution in [1.82, 2.24) is 9.97 Å². The van der Waals surface area contributed by atoms with Crippen LogP contribution in [-0.2, 0) is 11.2 Å². The van der Waals surface area contributed by atoms with Gasteiger partial charge in [0.05, 0.1) is 19.0 Å². The van der Waals surface area contributed by atoms with Crippen molar-refractivity contribution in [3.63, 3.8) is 0 Å². The number of aromatic nitrogens is 2. The Hall–Kier alpha value is -2.59. The first-order chi connectivity index (χ1) is 15.5. The average molecular weight is 459 g/mol. The van der Waals surface area contributed by atoms with Crippen molar-refractivity contribution in [2.45, 2.75) is 36.9 Å². The third-order valence-corrected chi connectivity index (χ3v) is 5.75. The van der Waals surface area contributed by atoms with Crippen LogP contribution in [0, 0.1) is 0 Å². The predicted molar refractivity (Wildman–Crippen MR) is 116 cm³/mol. The Labute approximate surface area is 189 Å². The van der Waals surface area contributed by atoms with E-state index in [9.17, 15) is 20.4 Å². The predicted octanol–water partition coefficient (Wildman–Crippen LogP) is 2.03. The van der Waals surface area contributed by atoms with Crippen molar-refractivity contribution in [2.24, 2.45) is 0 Å². The first-order valence-electron chi connectivity index (χ1n) is 10.1. The molecule has 4 N–H and O–H groups in total. The molecular formula is C23H23ClN2O6. The minimum atomic E-state index is -1.44. The molecule has 2 aromatic carbocycles. The van der Waals surface area contributed by atoms with Crippen LogP contribution in [0.2, 0.25) is 5.02 Å². The van der Waals surface area contributed by atoms with Crippen molar-refractivity contribution in [1.29, 1.82) is 0 Å². The fourth-order valence-electron chi connectivity index (χ4n) is 3.65. The van der Waals surface area contributed by atoms with Crippen LogP contribution in [0.25, 0.3) is 0 Å². The average Bonchev–Trinajstić information content (AvgIpc) is 2.81. The van der Waals surface area contributed by atoms with Crippen LogP contribution in [0.3, 0.4) is 0 Å². The van der Waals surface area contributed by atoms with Gasteiger partial charge >= 0.3 is 0 Å². The van der Waals surface area contributed by atoms with Crippen LogP contribution in [0.1, 0.15) is 22.8 Å². The van der Waals surface area contributed by atoms with E-state index in [1.54, 1.807) is 30.6 Å². The molecule has 0 bridgehead atoms. The quantitative estimate of drug-likeness (QED) is 0.442. The Morgan fingerprint density at radius 3 is 2.31 bits per heavy atom. The van der Waals surface area contributed by atoms with Gasteiger partial charge in [-0.2, -0.15) is 0 Å². The van der Waals surface area contributed by atoms with E-state index >= 15 is 0 Å². The molecule has 8 nitrogen and oxygen atoms in total. The largest absolute Gasteiger partial charge is 0.454 e. The first kappa shape index (κ1) is 22.6. The summed E-state index contributed by atoms with van der Waals surface area (Å²) >= 11 is 6.40. The van der Waals surface area contributed by atoms with Crippen LogP contribution < -0.4 is 4.74 Å². The number of ether oxygens (including phenoxy) is 2. The maximum absolute atomic E-state index is 10.4. The lowest BCUT2D eigenvalue weighted by Gasteiger charge is -2.40. The number of benzene rings is 2. The SMILES string of the molecule is OC[C@H]1O[C@@H](c2ccc(Cl)c(Cc3ccc(Oc4cncnc4)cc3)c2)[C@H](O)[C@@H](O)[C@@H]1O. The molecule has 32 heavy (non-hydrogen) atoms. The molecule has 9 heteroatoms. The van der Waals surface area contributed by atoms with Crippen molar-refractivity contribution in [3.8, 4) is 11.5 Å². The topological polar surface area (TPSA) is 125 Å². The molecule has 1 saturated heterocycles. The Bertz CT molecular complexity index is 1030. The number of halogens is 1. The van der Waals surface area contributed by atoms with Gasteiger partial charge in [0.25, 0.3) is 0 Å². The van der Waals surface area contributed by atoms with Gasteiger partial charge in [0.2, 0.25) is 0 Å². The first-order valence-corrected chi connectivity index (χ1v) is 10.4. The summed E-state index contributed by atoms with van der Waals surface area (Å²) in [6.45, 7) is -0.481. The molecule has 0 saturated carbocycles. The molecule has 1 aliphatic rings. The van der Waals surface area contributed by atoms with Gasteiger partial charge in [-0.15, -0.1) is 0 Å². The van der Waals surface area contributed by atoms with Crippen LogP contribution in [-0.4, -0.2) is 61.4 Å². The summed E-state index contributed by atoms with van der Waals surface area (Å²) in [5, 5.41) is 40.5. The number of nitrogens with zero attached hydrogens (tertiary/aromatic N) is 2. The van der Waals surface area contributed by atoms with Crippen molar-refractivity contribution >= 4 is 11.6 Å². The van der Waals surface area contributed by atoms with Gasteiger partial charge < -0.3 is 29.9 Å². The van der Waals surface area contributed by atoms with Gasteiger partial charge in [-0.25, -0.2) is 9.97 Å². The lowest BCUT2D eigenvalue weighted by atomic mass is 9.90. The zero-order valence-corrected chi connectivity index (χ0v) is 17.7. The molecule has 0 radical (unpaired) electrons. The fourth-order valence-corrected chi connectivity index (χ4v) is 3.84. The Morgan fingerprint density at radius 1 is 0.906 bits per heavy atom. The maximum Gasteiger partial charge on any atom is 0.163 e. The minimum Gasteiger partial charge on any atom is -0.454 e. The van der Waals surface area contributed by atoms with E-state index in [0.717, 1.165) is 11.1 Å². The Kier molecular flexibility index (Phi) is 7.00. The highest BCUT2D eigenvalue weighted by Gasteiger charge is 2.44. The number of hydrogen-bond donors (Lipinski definition) is 4. The summed E-state index contributed by atoms with van der Waals surface area (Å²) < 4.78 is 11.4. The highest BCUT2D eigenvalue weighted by Crippen LogP contribution is 2.34. The van der Waals surface area contributed by atoms with E-state index in [4.69, 9.17) is 21.1 Å².